The van der Waals surface area contributed by atoms with Crippen LogP contribution in [0.25, 0.3) is 0 Å². The van der Waals surface area contributed by atoms with E-state index in [1.54, 1.807) is 13.2 Å². The zero-order valence-corrected chi connectivity index (χ0v) is 16.4. The van der Waals surface area contributed by atoms with Gasteiger partial charge in [0.2, 0.25) is 0 Å². The summed E-state index contributed by atoms with van der Waals surface area (Å²) in [6.45, 7) is 9.43. The molecule has 0 atom stereocenters. The van der Waals surface area contributed by atoms with Crippen LogP contribution in [0.15, 0.2) is 18.2 Å². The van der Waals surface area contributed by atoms with E-state index < -0.39 is 11.6 Å². The number of nitrogens with zero attached hydrogens (tertiary/aromatic N) is 1. The molecule has 0 unspecified atom stereocenters. The molecule has 0 aliphatic carbocycles. The van der Waals surface area contributed by atoms with Gasteiger partial charge < -0.3 is 14.8 Å². The molecule has 0 spiro atoms. The predicted octanol–water partition coefficient (Wildman–Crippen LogP) is 3.90. The maximum absolute atomic E-state index is 13.0. The van der Waals surface area contributed by atoms with Crippen LogP contribution in [-0.4, -0.2) is 24.6 Å². The predicted molar refractivity (Wildman–Crippen MR) is 99.7 cm³/mol. The van der Waals surface area contributed by atoms with Gasteiger partial charge >= 0.3 is 5.97 Å². The Morgan fingerprint density at radius 1 is 1.19 bits per heavy atom. The Morgan fingerprint density at radius 3 is 2.19 bits per heavy atom. The smallest absolute Gasteiger partial charge is 0.308 e. The SMILES string of the molecule is COC(CC(C)C)(CC(C)C)C(=O)Nc1ccc(OC(C)=O)cc1C#N. The molecule has 142 valence electrons. The molecule has 0 saturated carbocycles. The third-order valence-corrected chi connectivity index (χ3v) is 3.90. The number of ether oxygens (including phenoxy) is 2. The first-order valence-corrected chi connectivity index (χ1v) is 8.72. The van der Waals surface area contributed by atoms with Crippen molar-refractivity contribution in [1.82, 2.24) is 0 Å². The van der Waals surface area contributed by atoms with Crippen molar-refractivity contribution in [2.24, 2.45) is 11.8 Å². The third-order valence-electron chi connectivity index (χ3n) is 3.90. The molecule has 1 N–H and O–H groups in total. The van der Waals surface area contributed by atoms with Gasteiger partial charge in [0, 0.05) is 20.1 Å². The Morgan fingerprint density at radius 2 is 1.77 bits per heavy atom. The van der Waals surface area contributed by atoms with Gasteiger partial charge in [0.1, 0.15) is 17.4 Å². The van der Waals surface area contributed by atoms with Crippen LogP contribution >= 0.6 is 0 Å². The van der Waals surface area contributed by atoms with E-state index in [-0.39, 0.29) is 29.1 Å². The Labute approximate surface area is 155 Å². The summed E-state index contributed by atoms with van der Waals surface area (Å²) in [6, 6.07) is 6.54. The number of anilines is 1. The summed E-state index contributed by atoms with van der Waals surface area (Å²) in [4.78, 5) is 24.1. The van der Waals surface area contributed by atoms with E-state index in [2.05, 4.69) is 5.32 Å². The molecule has 0 saturated heterocycles. The minimum Gasteiger partial charge on any atom is -0.427 e. The van der Waals surface area contributed by atoms with E-state index >= 15 is 0 Å². The second kappa shape index (κ2) is 9.35. The maximum atomic E-state index is 13.0. The molecule has 6 heteroatoms. The van der Waals surface area contributed by atoms with Crippen molar-refractivity contribution < 1.29 is 19.1 Å². The molecule has 1 rings (SSSR count). The van der Waals surface area contributed by atoms with E-state index in [1.165, 1.54) is 19.1 Å². The van der Waals surface area contributed by atoms with Crippen LogP contribution in [0.5, 0.6) is 5.75 Å². The summed E-state index contributed by atoms with van der Waals surface area (Å²) in [5, 5.41) is 12.2. The first kappa shape index (κ1) is 21.7. The Kier molecular flexibility index (Phi) is 7.78. The molecule has 0 radical (unpaired) electrons. The number of nitrogens with one attached hydrogen (secondary N) is 1. The van der Waals surface area contributed by atoms with Crippen LogP contribution in [0.2, 0.25) is 0 Å². The minimum atomic E-state index is -0.969. The van der Waals surface area contributed by atoms with Gasteiger partial charge in [0.05, 0.1) is 11.3 Å². The monoisotopic (exact) mass is 360 g/mol. The van der Waals surface area contributed by atoms with Crippen LogP contribution in [0.1, 0.15) is 53.0 Å². The lowest BCUT2D eigenvalue weighted by atomic mass is 9.84. The lowest BCUT2D eigenvalue weighted by Crippen LogP contribution is -2.47. The van der Waals surface area contributed by atoms with Crippen LogP contribution in [0, 0.1) is 23.2 Å². The van der Waals surface area contributed by atoms with Crippen LogP contribution in [-0.2, 0) is 14.3 Å². The molecule has 6 nitrogen and oxygen atoms in total. The number of benzene rings is 1. The third kappa shape index (κ3) is 5.85. The summed E-state index contributed by atoms with van der Waals surface area (Å²) >= 11 is 0. The highest BCUT2D eigenvalue weighted by Crippen LogP contribution is 2.31. The molecule has 1 amide bonds. The fourth-order valence-electron chi connectivity index (χ4n) is 3.04. The van der Waals surface area contributed by atoms with Crippen molar-refractivity contribution in [3.8, 4) is 11.8 Å². The van der Waals surface area contributed by atoms with Gasteiger partial charge in [-0.25, -0.2) is 0 Å². The molecule has 0 aliphatic rings. The summed E-state index contributed by atoms with van der Waals surface area (Å²) in [5.74, 6) is 0.0361. The van der Waals surface area contributed by atoms with Crippen molar-refractivity contribution in [1.29, 1.82) is 5.26 Å². The highest BCUT2D eigenvalue weighted by atomic mass is 16.5. The molecule has 1 aromatic carbocycles. The van der Waals surface area contributed by atoms with Gasteiger partial charge in [-0.3, -0.25) is 9.59 Å². The fraction of sp³-hybridized carbons (Fsp3) is 0.550. The highest BCUT2D eigenvalue weighted by molar-refractivity contribution is 5.98. The number of rotatable bonds is 8. The Bertz CT molecular complexity index is 680. The van der Waals surface area contributed by atoms with Gasteiger partial charge in [0.15, 0.2) is 0 Å². The molecule has 0 heterocycles. The second-order valence-corrected chi connectivity index (χ2v) is 7.26. The van der Waals surface area contributed by atoms with E-state index in [0.717, 1.165) is 0 Å². The Balaban J connectivity index is 3.15. The van der Waals surface area contributed by atoms with Crippen molar-refractivity contribution in [3.05, 3.63) is 23.8 Å². The normalized spacial score (nSPS) is 11.3. The van der Waals surface area contributed by atoms with Crippen molar-refractivity contribution in [2.45, 2.75) is 53.1 Å². The number of hydrogen-bond donors (Lipinski definition) is 1. The lowest BCUT2D eigenvalue weighted by molar-refractivity contribution is -0.142. The number of nitriles is 1. The first-order valence-electron chi connectivity index (χ1n) is 8.72. The zero-order chi connectivity index (χ0) is 19.9. The highest BCUT2D eigenvalue weighted by Gasteiger charge is 2.40. The largest absolute Gasteiger partial charge is 0.427 e. The first-order chi connectivity index (χ1) is 12.1. The van der Waals surface area contributed by atoms with Crippen molar-refractivity contribution >= 4 is 17.6 Å². The second-order valence-electron chi connectivity index (χ2n) is 7.26. The number of hydrogen-bond acceptors (Lipinski definition) is 5. The number of amides is 1. The summed E-state index contributed by atoms with van der Waals surface area (Å²) in [5.41, 5.74) is -0.387. The summed E-state index contributed by atoms with van der Waals surface area (Å²) < 4.78 is 10.7. The van der Waals surface area contributed by atoms with E-state index in [0.29, 0.717) is 18.5 Å². The number of carbonyl (C=O) groups is 2. The van der Waals surface area contributed by atoms with E-state index in [9.17, 15) is 14.9 Å². The van der Waals surface area contributed by atoms with Gasteiger partial charge in [-0.15, -0.1) is 0 Å². The number of esters is 1. The van der Waals surface area contributed by atoms with Crippen molar-refractivity contribution in [2.75, 3.05) is 12.4 Å². The topological polar surface area (TPSA) is 88.4 Å². The molecule has 26 heavy (non-hydrogen) atoms. The zero-order valence-electron chi connectivity index (χ0n) is 16.4. The van der Waals surface area contributed by atoms with Crippen LogP contribution in [0.3, 0.4) is 0 Å². The summed E-state index contributed by atoms with van der Waals surface area (Å²) in [6.07, 6.45) is 1.14. The molecular weight excluding hydrogens is 332 g/mol. The standard InChI is InChI=1S/C20H28N2O4/c1-13(2)10-20(25-6,11-14(3)4)19(24)22-18-8-7-17(26-15(5)23)9-16(18)12-21/h7-9,13-14H,10-11H2,1-6H3,(H,22,24). The van der Waals surface area contributed by atoms with Gasteiger partial charge in [0.25, 0.3) is 5.91 Å². The maximum Gasteiger partial charge on any atom is 0.308 e. The minimum absolute atomic E-state index is 0.219. The fourth-order valence-corrected chi connectivity index (χ4v) is 3.04. The average Bonchev–Trinajstić information content (AvgIpc) is 2.53. The van der Waals surface area contributed by atoms with E-state index in [1.807, 2.05) is 33.8 Å². The molecule has 0 aliphatic heterocycles. The number of methoxy groups -OCH3 is 1. The van der Waals surface area contributed by atoms with E-state index in [4.69, 9.17) is 9.47 Å². The molecule has 1 aromatic rings. The molecular formula is C20H28N2O4. The Hall–Kier alpha value is -2.39. The van der Waals surface area contributed by atoms with Crippen molar-refractivity contribution in [3.63, 3.8) is 0 Å². The average molecular weight is 360 g/mol. The van der Waals surface area contributed by atoms with Gasteiger partial charge in [-0.2, -0.15) is 5.26 Å². The lowest BCUT2D eigenvalue weighted by Gasteiger charge is -2.34. The summed E-state index contributed by atoms with van der Waals surface area (Å²) in [7, 11) is 1.54. The number of carbonyl (C=O) groups excluding carboxylic acids is 2. The van der Waals surface area contributed by atoms with Gasteiger partial charge in [-0.1, -0.05) is 27.7 Å². The molecule has 0 bridgehead atoms. The molecule has 0 fully saturated rings. The van der Waals surface area contributed by atoms with Gasteiger partial charge in [-0.05, 0) is 36.8 Å². The van der Waals surface area contributed by atoms with Crippen LogP contribution in [0.4, 0.5) is 5.69 Å². The molecule has 0 aromatic heterocycles. The van der Waals surface area contributed by atoms with Crippen LogP contribution < -0.4 is 10.1 Å². The quantitative estimate of drug-likeness (QED) is 0.561.